The quantitative estimate of drug-likeness (QED) is 0.434. The number of esters is 1. The second-order valence-corrected chi connectivity index (χ2v) is 2.63. The molecule has 2 N–H and O–H groups in total. The van der Waals surface area contributed by atoms with E-state index in [1.54, 1.807) is 0 Å². The molecule has 1 saturated heterocycles. The van der Waals surface area contributed by atoms with Crippen LogP contribution in [-0.4, -0.2) is 35.9 Å². The first-order valence-electron chi connectivity index (χ1n) is 3.80. The Labute approximate surface area is 69.9 Å². The van der Waals surface area contributed by atoms with Crippen molar-refractivity contribution < 1.29 is 24.5 Å². The number of carbonyl (C=O) groups excluding carboxylic acids is 1. The van der Waals surface area contributed by atoms with Gasteiger partial charge < -0.3 is 19.7 Å². The molecule has 1 rings (SSSR count). The zero-order valence-electron chi connectivity index (χ0n) is 6.60. The summed E-state index contributed by atoms with van der Waals surface area (Å²) in [7, 11) is 0. The maximum Gasteiger partial charge on any atom is 0.308 e. The van der Waals surface area contributed by atoms with E-state index in [0.29, 0.717) is 6.42 Å². The number of hydrogen-bond acceptors (Lipinski definition) is 5. The highest BCUT2D eigenvalue weighted by Crippen LogP contribution is 2.25. The third-order valence-corrected chi connectivity index (χ3v) is 1.80. The second kappa shape index (κ2) is 4.39. The van der Waals surface area contributed by atoms with Crippen LogP contribution in [0.1, 0.15) is 12.8 Å². The van der Waals surface area contributed by atoms with E-state index in [-0.39, 0.29) is 24.9 Å². The maximum atomic E-state index is 10.7. The van der Waals surface area contributed by atoms with E-state index in [4.69, 9.17) is 19.7 Å². The van der Waals surface area contributed by atoms with E-state index >= 15 is 0 Å². The highest BCUT2D eigenvalue weighted by Gasteiger charge is 2.34. The van der Waals surface area contributed by atoms with Gasteiger partial charge in [-0.05, 0) is 6.42 Å². The van der Waals surface area contributed by atoms with Crippen molar-refractivity contribution in [3.8, 4) is 0 Å². The van der Waals surface area contributed by atoms with Gasteiger partial charge in [0.15, 0.2) is 0 Å². The highest BCUT2D eigenvalue weighted by atomic mass is 16.7. The van der Waals surface area contributed by atoms with Crippen molar-refractivity contribution in [3.63, 3.8) is 0 Å². The molecule has 1 aliphatic rings. The fourth-order valence-corrected chi connectivity index (χ4v) is 1.23. The van der Waals surface area contributed by atoms with Gasteiger partial charge in [0.1, 0.15) is 6.79 Å². The summed E-state index contributed by atoms with van der Waals surface area (Å²) in [5.74, 6) is -0.471. The van der Waals surface area contributed by atoms with Crippen LogP contribution in [0.2, 0.25) is 0 Å². The lowest BCUT2D eigenvalue weighted by molar-refractivity contribution is -0.186. The SMILES string of the molecule is O=C1CC(CCO)C(OCO)O1. The van der Waals surface area contributed by atoms with E-state index in [9.17, 15) is 4.79 Å². The van der Waals surface area contributed by atoms with Gasteiger partial charge in [-0.25, -0.2) is 0 Å². The third-order valence-electron chi connectivity index (χ3n) is 1.80. The van der Waals surface area contributed by atoms with Crippen LogP contribution in [0.3, 0.4) is 0 Å². The number of ether oxygens (including phenoxy) is 2. The molecule has 5 nitrogen and oxygen atoms in total. The van der Waals surface area contributed by atoms with Crippen molar-refractivity contribution in [1.82, 2.24) is 0 Å². The standard InChI is InChI=1S/C7H12O5/c8-2-1-5-3-6(10)12-7(5)11-4-9/h5,7-9H,1-4H2. The first kappa shape index (κ1) is 9.44. The Balaban J connectivity index is 2.41. The lowest BCUT2D eigenvalue weighted by atomic mass is 10.0. The van der Waals surface area contributed by atoms with E-state index in [1.807, 2.05) is 0 Å². The summed E-state index contributed by atoms with van der Waals surface area (Å²) in [6.45, 7) is -0.480. The van der Waals surface area contributed by atoms with Crippen LogP contribution in [0.15, 0.2) is 0 Å². The summed E-state index contributed by atoms with van der Waals surface area (Å²) in [6, 6.07) is 0. The van der Waals surface area contributed by atoms with E-state index in [1.165, 1.54) is 0 Å². The van der Waals surface area contributed by atoms with Crippen molar-refractivity contribution >= 4 is 5.97 Å². The molecule has 0 bridgehead atoms. The molecule has 0 aromatic rings. The molecule has 70 valence electrons. The summed E-state index contributed by atoms with van der Waals surface area (Å²) in [5.41, 5.74) is 0. The van der Waals surface area contributed by atoms with Crippen LogP contribution < -0.4 is 0 Å². The Kier molecular flexibility index (Phi) is 3.46. The Bertz CT molecular complexity index is 142. The van der Waals surface area contributed by atoms with Gasteiger partial charge in [-0.15, -0.1) is 0 Å². The van der Waals surface area contributed by atoms with Crippen molar-refractivity contribution in [2.24, 2.45) is 5.92 Å². The fraction of sp³-hybridized carbons (Fsp3) is 0.857. The zero-order chi connectivity index (χ0) is 8.97. The molecule has 5 heteroatoms. The molecule has 1 fully saturated rings. The average Bonchev–Trinajstić information content (AvgIpc) is 2.33. The molecule has 0 radical (unpaired) electrons. The summed E-state index contributed by atoms with van der Waals surface area (Å²) in [5, 5.41) is 17.0. The van der Waals surface area contributed by atoms with Gasteiger partial charge in [0.25, 0.3) is 0 Å². The normalized spacial score (nSPS) is 29.0. The number of rotatable bonds is 4. The number of aliphatic hydroxyl groups excluding tert-OH is 2. The monoisotopic (exact) mass is 176 g/mol. The van der Waals surface area contributed by atoms with Crippen LogP contribution in [0.5, 0.6) is 0 Å². The molecular formula is C7H12O5. The molecule has 1 heterocycles. The van der Waals surface area contributed by atoms with Gasteiger partial charge in [-0.2, -0.15) is 0 Å². The van der Waals surface area contributed by atoms with E-state index in [0.717, 1.165) is 0 Å². The van der Waals surface area contributed by atoms with Gasteiger partial charge in [0.2, 0.25) is 6.29 Å². The van der Waals surface area contributed by atoms with Crippen LogP contribution in [0.25, 0.3) is 0 Å². The fourth-order valence-electron chi connectivity index (χ4n) is 1.23. The molecule has 0 saturated carbocycles. The Morgan fingerprint density at radius 2 is 2.33 bits per heavy atom. The predicted molar refractivity (Wildman–Crippen MR) is 37.9 cm³/mol. The predicted octanol–water partition coefficient (Wildman–Crippen LogP) is -0.776. The second-order valence-electron chi connectivity index (χ2n) is 2.63. The first-order valence-corrected chi connectivity index (χ1v) is 3.80. The minimum absolute atomic E-state index is 0.00735. The molecule has 0 aromatic heterocycles. The van der Waals surface area contributed by atoms with Gasteiger partial charge in [-0.3, -0.25) is 4.79 Å². The number of cyclic esters (lactones) is 1. The van der Waals surface area contributed by atoms with E-state index in [2.05, 4.69) is 0 Å². The molecule has 0 aromatic carbocycles. The lowest BCUT2D eigenvalue weighted by Gasteiger charge is -2.14. The molecule has 12 heavy (non-hydrogen) atoms. The van der Waals surface area contributed by atoms with Crippen LogP contribution in [-0.2, 0) is 14.3 Å². The van der Waals surface area contributed by atoms with Crippen molar-refractivity contribution in [3.05, 3.63) is 0 Å². The Hall–Kier alpha value is -0.650. The maximum absolute atomic E-state index is 10.7. The number of aliphatic hydroxyl groups is 2. The summed E-state index contributed by atoms with van der Waals surface area (Å²) >= 11 is 0. The lowest BCUT2D eigenvalue weighted by Crippen LogP contribution is -2.21. The molecule has 1 aliphatic heterocycles. The molecule has 0 aliphatic carbocycles. The molecule has 2 unspecified atom stereocenters. The van der Waals surface area contributed by atoms with Crippen molar-refractivity contribution in [2.45, 2.75) is 19.1 Å². The number of carbonyl (C=O) groups is 1. The van der Waals surface area contributed by atoms with Crippen LogP contribution in [0, 0.1) is 5.92 Å². The smallest absolute Gasteiger partial charge is 0.308 e. The van der Waals surface area contributed by atoms with Gasteiger partial charge >= 0.3 is 5.97 Å². The summed E-state index contributed by atoms with van der Waals surface area (Å²) in [4.78, 5) is 10.7. The van der Waals surface area contributed by atoms with Crippen LogP contribution in [0.4, 0.5) is 0 Å². The largest absolute Gasteiger partial charge is 0.435 e. The Morgan fingerprint density at radius 3 is 2.92 bits per heavy atom. The molecule has 2 atom stereocenters. The molecule has 0 spiro atoms. The van der Waals surface area contributed by atoms with E-state index < -0.39 is 13.1 Å². The summed E-state index contributed by atoms with van der Waals surface area (Å²) < 4.78 is 9.47. The summed E-state index contributed by atoms with van der Waals surface area (Å²) in [6.07, 6.45) is 0.0244. The highest BCUT2D eigenvalue weighted by molar-refractivity contribution is 5.71. The van der Waals surface area contributed by atoms with Crippen molar-refractivity contribution in [1.29, 1.82) is 0 Å². The topological polar surface area (TPSA) is 76.0 Å². The molecule has 0 amide bonds. The first-order chi connectivity index (χ1) is 5.77. The number of hydrogen-bond donors (Lipinski definition) is 2. The minimum Gasteiger partial charge on any atom is -0.435 e. The van der Waals surface area contributed by atoms with Crippen molar-refractivity contribution in [2.75, 3.05) is 13.4 Å². The zero-order valence-corrected chi connectivity index (χ0v) is 6.60. The average molecular weight is 176 g/mol. The van der Waals surface area contributed by atoms with Gasteiger partial charge in [-0.1, -0.05) is 0 Å². The van der Waals surface area contributed by atoms with Crippen LogP contribution >= 0.6 is 0 Å². The van der Waals surface area contributed by atoms with Gasteiger partial charge in [0.05, 0.1) is 6.42 Å². The van der Waals surface area contributed by atoms with Gasteiger partial charge in [0, 0.05) is 12.5 Å². The third kappa shape index (κ3) is 2.17. The minimum atomic E-state index is -0.686. The Morgan fingerprint density at radius 1 is 1.58 bits per heavy atom. The molecular weight excluding hydrogens is 164 g/mol.